The van der Waals surface area contributed by atoms with E-state index in [4.69, 9.17) is 4.98 Å². The minimum atomic E-state index is 0.288. The van der Waals surface area contributed by atoms with E-state index in [1.165, 1.54) is 10.8 Å². The number of thiazole rings is 1. The highest BCUT2D eigenvalue weighted by Gasteiger charge is 2.19. The van der Waals surface area contributed by atoms with Gasteiger partial charge in [-0.1, -0.05) is 36.4 Å². The average molecular weight is 322 g/mol. The molecule has 0 atom stereocenters. The summed E-state index contributed by atoms with van der Waals surface area (Å²) in [5.41, 5.74) is 2.19. The molecule has 1 fully saturated rings. The van der Waals surface area contributed by atoms with Crippen molar-refractivity contribution in [2.45, 2.75) is 19.3 Å². The van der Waals surface area contributed by atoms with Crippen molar-refractivity contribution in [2.75, 3.05) is 13.1 Å². The van der Waals surface area contributed by atoms with Crippen LogP contribution in [-0.2, 0) is 11.2 Å². The fraction of sp³-hybridized carbons (Fsp3) is 0.263. The van der Waals surface area contributed by atoms with E-state index in [1.807, 2.05) is 4.90 Å². The van der Waals surface area contributed by atoms with Gasteiger partial charge in [0.05, 0.1) is 10.7 Å². The number of benzene rings is 2. The number of carbonyl (C=O) groups excluding carboxylic acids is 1. The maximum atomic E-state index is 11.7. The first-order valence-electron chi connectivity index (χ1n) is 8.01. The number of amides is 1. The summed E-state index contributed by atoms with van der Waals surface area (Å²) in [5.74, 6) is 0.288. The van der Waals surface area contributed by atoms with E-state index in [0.717, 1.165) is 42.2 Å². The molecular weight excluding hydrogens is 304 g/mol. The molecule has 4 rings (SSSR count). The van der Waals surface area contributed by atoms with E-state index in [2.05, 4.69) is 47.8 Å². The fourth-order valence-corrected chi connectivity index (χ4v) is 3.87. The molecule has 3 aromatic rings. The SMILES string of the molecule is O=C1CCCN1CCc1nc(-c2ccc3ccccc3c2)cs1. The van der Waals surface area contributed by atoms with Crippen molar-refractivity contribution >= 4 is 28.0 Å². The van der Waals surface area contributed by atoms with Gasteiger partial charge in [-0.05, 0) is 23.3 Å². The molecule has 0 unspecified atom stereocenters. The Hall–Kier alpha value is -2.20. The second-order valence-corrected chi connectivity index (χ2v) is 6.87. The molecule has 0 spiro atoms. The third-order valence-electron chi connectivity index (χ3n) is 4.36. The second kappa shape index (κ2) is 6.13. The molecule has 1 aromatic heterocycles. The highest BCUT2D eigenvalue weighted by Crippen LogP contribution is 2.26. The van der Waals surface area contributed by atoms with Crippen LogP contribution >= 0.6 is 11.3 Å². The molecule has 1 amide bonds. The summed E-state index contributed by atoms with van der Waals surface area (Å²) in [7, 11) is 0. The Morgan fingerprint density at radius 1 is 1.13 bits per heavy atom. The summed E-state index contributed by atoms with van der Waals surface area (Å²) >= 11 is 1.69. The topological polar surface area (TPSA) is 33.2 Å². The lowest BCUT2D eigenvalue weighted by atomic mass is 10.1. The lowest BCUT2D eigenvalue weighted by Gasteiger charge is -2.13. The van der Waals surface area contributed by atoms with Crippen LogP contribution in [0.3, 0.4) is 0 Å². The molecule has 23 heavy (non-hydrogen) atoms. The van der Waals surface area contributed by atoms with Crippen LogP contribution < -0.4 is 0 Å². The van der Waals surface area contributed by atoms with E-state index >= 15 is 0 Å². The maximum Gasteiger partial charge on any atom is 0.222 e. The molecule has 1 aliphatic rings. The molecule has 3 nitrogen and oxygen atoms in total. The molecule has 2 heterocycles. The Balaban J connectivity index is 1.51. The lowest BCUT2D eigenvalue weighted by molar-refractivity contribution is -0.127. The molecule has 1 saturated heterocycles. The Kier molecular flexibility index (Phi) is 3.83. The minimum Gasteiger partial charge on any atom is -0.342 e. The first-order valence-corrected chi connectivity index (χ1v) is 8.89. The van der Waals surface area contributed by atoms with Gasteiger partial charge in [0.2, 0.25) is 5.91 Å². The van der Waals surface area contributed by atoms with Gasteiger partial charge in [-0.3, -0.25) is 4.79 Å². The number of carbonyl (C=O) groups is 1. The van der Waals surface area contributed by atoms with E-state index in [1.54, 1.807) is 11.3 Å². The van der Waals surface area contributed by atoms with Crippen LogP contribution in [0.5, 0.6) is 0 Å². The summed E-state index contributed by atoms with van der Waals surface area (Å²) in [6.45, 7) is 1.70. The van der Waals surface area contributed by atoms with Gasteiger partial charge in [-0.15, -0.1) is 11.3 Å². The molecule has 0 saturated carbocycles. The zero-order valence-electron chi connectivity index (χ0n) is 12.9. The van der Waals surface area contributed by atoms with Gasteiger partial charge in [0, 0.05) is 36.9 Å². The zero-order chi connectivity index (χ0) is 15.6. The van der Waals surface area contributed by atoms with E-state index in [-0.39, 0.29) is 5.91 Å². The second-order valence-electron chi connectivity index (χ2n) is 5.92. The Morgan fingerprint density at radius 3 is 2.83 bits per heavy atom. The molecule has 116 valence electrons. The number of nitrogens with zero attached hydrogens (tertiary/aromatic N) is 2. The molecule has 0 radical (unpaired) electrons. The van der Waals surface area contributed by atoms with E-state index in [0.29, 0.717) is 6.42 Å². The monoisotopic (exact) mass is 322 g/mol. The van der Waals surface area contributed by atoms with Crippen molar-refractivity contribution in [3.8, 4) is 11.3 Å². The zero-order valence-corrected chi connectivity index (χ0v) is 13.7. The first kappa shape index (κ1) is 14.4. The summed E-state index contributed by atoms with van der Waals surface area (Å²) in [5, 5.41) is 5.71. The normalized spacial score (nSPS) is 14.8. The smallest absolute Gasteiger partial charge is 0.222 e. The minimum absolute atomic E-state index is 0.288. The van der Waals surface area contributed by atoms with Crippen LogP contribution in [0.2, 0.25) is 0 Å². The largest absolute Gasteiger partial charge is 0.342 e. The Morgan fingerprint density at radius 2 is 2.00 bits per heavy atom. The summed E-state index contributed by atoms with van der Waals surface area (Å²) < 4.78 is 0. The van der Waals surface area contributed by atoms with Crippen molar-refractivity contribution in [3.63, 3.8) is 0 Å². The fourth-order valence-electron chi connectivity index (χ4n) is 3.08. The van der Waals surface area contributed by atoms with Crippen LogP contribution in [0, 0.1) is 0 Å². The van der Waals surface area contributed by atoms with Gasteiger partial charge < -0.3 is 4.90 Å². The van der Waals surface area contributed by atoms with Crippen molar-refractivity contribution in [2.24, 2.45) is 0 Å². The quantitative estimate of drug-likeness (QED) is 0.723. The van der Waals surface area contributed by atoms with Gasteiger partial charge in [0.15, 0.2) is 0 Å². The molecule has 0 N–H and O–H groups in total. The number of rotatable bonds is 4. The van der Waals surface area contributed by atoms with Crippen LogP contribution in [0.4, 0.5) is 0 Å². The summed E-state index contributed by atoms with van der Waals surface area (Å²) in [6, 6.07) is 14.8. The van der Waals surface area contributed by atoms with Crippen LogP contribution in [-0.4, -0.2) is 28.9 Å². The van der Waals surface area contributed by atoms with Gasteiger partial charge in [-0.2, -0.15) is 0 Å². The molecular formula is C19H18N2OS. The lowest BCUT2D eigenvalue weighted by Crippen LogP contribution is -2.26. The molecule has 2 aromatic carbocycles. The van der Waals surface area contributed by atoms with Gasteiger partial charge in [0.25, 0.3) is 0 Å². The predicted molar refractivity (Wildman–Crippen MR) is 94.6 cm³/mol. The molecule has 0 aliphatic carbocycles. The van der Waals surface area contributed by atoms with Gasteiger partial charge in [0.1, 0.15) is 0 Å². The van der Waals surface area contributed by atoms with E-state index in [9.17, 15) is 4.79 Å². The number of hydrogen-bond acceptors (Lipinski definition) is 3. The Bertz CT molecular complexity index is 855. The van der Waals surface area contributed by atoms with Gasteiger partial charge in [-0.25, -0.2) is 4.98 Å². The van der Waals surface area contributed by atoms with Gasteiger partial charge >= 0.3 is 0 Å². The van der Waals surface area contributed by atoms with Crippen LogP contribution in [0.25, 0.3) is 22.0 Å². The van der Waals surface area contributed by atoms with Crippen molar-refractivity contribution in [1.29, 1.82) is 0 Å². The third kappa shape index (κ3) is 2.99. The number of likely N-dealkylation sites (tertiary alicyclic amines) is 1. The maximum absolute atomic E-state index is 11.7. The van der Waals surface area contributed by atoms with Crippen molar-refractivity contribution in [1.82, 2.24) is 9.88 Å². The predicted octanol–water partition coefficient (Wildman–Crippen LogP) is 4.13. The van der Waals surface area contributed by atoms with Crippen molar-refractivity contribution in [3.05, 3.63) is 52.9 Å². The van der Waals surface area contributed by atoms with Crippen molar-refractivity contribution < 1.29 is 4.79 Å². The highest BCUT2D eigenvalue weighted by atomic mass is 32.1. The Labute approximate surface area is 139 Å². The third-order valence-corrected chi connectivity index (χ3v) is 5.27. The number of fused-ring (bicyclic) bond motifs is 1. The standard InChI is InChI=1S/C19H18N2OS/c22-19-6-3-10-21(19)11-9-18-20-17(13-23-18)16-8-7-14-4-1-2-5-15(14)12-16/h1-2,4-5,7-8,12-13H,3,6,9-11H2. The molecule has 1 aliphatic heterocycles. The van der Waals surface area contributed by atoms with Crippen LogP contribution in [0.15, 0.2) is 47.8 Å². The molecule has 0 bridgehead atoms. The summed E-state index contributed by atoms with van der Waals surface area (Å²) in [4.78, 5) is 18.4. The van der Waals surface area contributed by atoms with E-state index < -0.39 is 0 Å². The average Bonchev–Trinajstić information content (AvgIpc) is 3.21. The number of aromatic nitrogens is 1. The van der Waals surface area contributed by atoms with Crippen LogP contribution in [0.1, 0.15) is 17.8 Å². The molecule has 4 heteroatoms. The first-order chi connectivity index (χ1) is 11.3. The number of hydrogen-bond donors (Lipinski definition) is 0. The summed E-state index contributed by atoms with van der Waals surface area (Å²) in [6.07, 6.45) is 2.56. The highest BCUT2D eigenvalue weighted by molar-refractivity contribution is 7.09.